The van der Waals surface area contributed by atoms with E-state index < -0.39 is 0 Å². The summed E-state index contributed by atoms with van der Waals surface area (Å²) in [5.74, 6) is 0. The van der Waals surface area contributed by atoms with Gasteiger partial charge in [-0.25, -0.2) is 0 Å². The third-order valence-corrected chi connectivity index (χ3v) is 3.33. The van der Waals surface area contributed by atoms with Crippen molar-refractivity contribution in [1.29, 1.82) is 0 Å². The average Bonchev–Trinajstić information content (AvgIpc) is 2.86. The number of halogens is 1. The van der Waals surface area contributed by atoms with Gasteiger partial charge >= 0.3 is 0 Å². The molecule has 0 aliphatic heterocycles. The van der Waals surface area contributed by atoms with E-state index in [0.717, 1.165) is 12.8 Å². The number of hydrogen-bond acceptors (Lipinski definition) is 1. The molecular formula is C10H11IO. The van der Waals surface area contributed by atoms with Crippen LogP contribution in [0.25, 0.3) is 0 Å². The third-order valence-electron chi connectivity index (χ3n) is 2.61. The second kappa shape index (κ2) is 3.00. The Morgan fingerprint density at radius 3 is 2.25 bits per heavy atom. The molecule has 0 bridgehead atoms. The first-order chi connectivity index (χ1) is 5.77. The highest BCUT2D eigenvalue weighted by molar-refractivity contribution is 14.1. The fourth-order valence-electron chi connectivity index (χ4n) is 1.49. The second-order valence-corrected chi connectivity index (χ2v) is 4.69. The smallest absolute Gasteiger partial charge is 0.0527 e. The highest BCUT2D eigenvalue weighted by Gasteiger charge is 2.43. The molecule has 1 saturated carbocycles. The minimum absolute atomic E-state index is 0.129. The van der Waals surface area contributed by atoms with Crippen LogP contribution < -0.4 is 0 Å². The lowest BCUT2D eigenvalue weighted by atomic mass is 9.97. The summed E-state index contributed by atoms with van der Waals surface area (Å²) in [5, 5.41) is 9.18. The minimum atomic E-state index is 0.129. The number of aliphatic hydroxyl groups is 1. The highest BCUT2D eigenvalue weighted by Crippen LogP contribution is 2.47. The van der Waals surface area contributed by atoms with E-state index in [4.69, 9.17) is 0 Å². The number of benzene rings is 1. The Balaban J connectivity index is 2.29. The topological polar surface area (TPSA) is 20.2 Å². The summed E-state index contributed by atoms with van der Waals surface area (Å²) in [5.41, 5.74) is 1.43. The Hall–Kier alpha value is -0.0900. The number of aliphatic hydroxyl groups excluding tert-OH is 1. The maximum atomic E-state index is 9.18. The fraction of sp³-hybridized carbons (Fsp3) is 0.400. The lowest BCUT2D eigenvalue weighted by molar-refractivity contribution is 0.255. The zero-order valence-electron chi connectivity index (χ0n) is 6.76. The normalized spacial score (nSPS) is 19.2. The van der Waals surface area contributed by atoms with Crippen LogP contribution in [0.3, 0.4) is 0 Å². The van der Waals surface area contributed by atoms with Gasteiger partial charge in [0, 0.05) is 8.99 Å². The van der Waals surface area contributed by atoms with E-state index in [1.54, 1.807) is 0 Å². The van der Waals surface area contributed by atoms with E-state index >= 15 is 0 Å². The van der Waals surface area contributed by atoms with E-state index in [1.807, 2.05) is 0 Å². The van der Waals surface area contributed by atoms with E-state index in [2.05, 4.69) is 46.9 Å². The predicted octanol–water partition coefficient (Wildman–Crippen LogP) is 2.32. The molecule has 0 unspecified atom stereocenters. The molecule has 1 nitrogen and oxygen atoms in total. The molecule has 2 rings (SSSR count). The van der Waals surface area contributed by atoms with Crippen molar-refractivity contribution in [2.45, 2.75) is 18.3 Å². The molecule has 1 aliphatic carbocycles. The van der Waals surface area contributed by atoms with Gasteiger partial charge in [0.25, 0.3) is 0 Å². The van der Waals surface area contributed by atoms with Crippen LogP contribution in [0.2, 0.25) is 0 Å². The zero-order valence-corrected chi connectivity index (χ0v) is 8.91. The van der Waals surface area contributed by atoms with E-state index in [1.165, 1.54) is 9.13 Å². The van der Waals surface area contributed by atoms with Gasteiger partial charge < -0.3 is 5.11 Å². The van der Waals surface area contributed by atoms with E-state index in [0.29, 0.717) is 6.61 Å². The quantitative estimate of drug-likeness (QED) is 0.820. The summed E-state index contributed by atoms with van der Waals surface area (Å²) in [6.07, 6.45) is 2.29. The summed E-state index contributed by atoms with van der Waals surface area (Å²) in [6, 6.07) is 8.47. The second-order valence-electron chi connectivity index (χ2n) is 3.45. The predicted molar refractivity (Wildman–Crippen MR) is 57.2 cm³/mol. The average molecular weight is 274 g/mol. The van der Waals surface area contributed by atoms with E-state index in [9.17, 15) is 5.11 Å². The Morgan fingerprint density at radius 2 is 1.83 bits per heavy atom. The minimum Gasteiger partial charge on any atom is -0.395 e. The molecule has 0 aromatic heterocycles. The van der Waals surface area contributed by atoms with Crippen LogP contribution in [-0.4, -0.2) is 11.7 Å². The Morgan fingerprint density at radius 1 is 1.25 bits per heavy atom. The van der Waals surface area contributed by atoms with Crippen molar-refractivity contribution >= 4 is 22.6 Å². The van der Waals surface area contributed by atoms with Crippen molar-refractivity contribution in [3.8, 4) is 0 Å². The molecule has 1 fully saturated rings. The Labute approximate surface area is 85.9 Å². The molecule has 1 aliphatic rings. The first kappa shape index (κ1) is 8.51. The van der Waals surface area contributed by atoms with Crippen LogP contribution in [0, 0.1) is 3.57 Å². The standard InChI is InChI=1S/C10H11IO/c11-9-3-1-8(2-4-9)10(7-12)5-6-10/h1-4,12H,5-7H2. The maximum absolute atomic E-state index is 9.18. The van der Waals surface area contributed by atoms with Crippen LogP contribution in [0.15, 0.2) is 24.3 Å². The third kappa shape index (κ3) is 1.38. The van der Waals surface area contributed by atoms with Crippen molar-refractivity contribution in [3.05, 3.63) is 33.4 Å². The van der Waals surface area contributed by atoms with Crippen molar-refractivity contribution in [3.63, 3.8) is 0 Å². The summed E-state index contributed by atoms with van der Waals surface area (Å²) in [7, 11) is 0. The van der Waals surface area contributed by atoms with Gasteiger partial charge in [0.1, 0.15) is 0 Å². The van der Waals surface area contributed by atoms with Crippen molar-refractivity contribution in [2.24, 2.45) is 0 Å². The van der Waals surface area contributed by atoms with Gasteiger partial charge in [-0.05, 0) is 53.1 Å². The van der Waals surface area contributed by atoms with Crippen LogP contribution in [0.5, 0.6) is 0 Å². The SMILES string of the molecule is OCC1(c2ccc(I)cc2)CC1. The number of hydrogen-bond donors (Lipinski definition) is 1. The van der Waals surface area contributed by atoms with Gasteiger partial charge in [0.05, 0.1) is 6.61 Å². The maximum Gasteiger partial charge on any atom is 0.0527 e. The zero-order chi connectivity index (χ0) is 8.60. The first-order valence-electron chi connectivity index (χ1n) is 4.14. The highest BCUT2D eigenvalue weighted by atomic mass is 127. The molecule has 0 radical (unpaired) electrons. The van der Waals surface area contributed by atoms with Gasteiger partial charge in [0.2, 0.25) is 0 Å². The summed E-state index contributed by atoms with van der Waals surface area (Å²) in [6.45, 7) is 0.299. The molecule has 1 aromatic rings. The molecule has 64 valence electrons. The lowest BCUT2D eigenvalue weighted by Gasteiger charge is -2.11. The van der Waals surface area contributed by atoms with Crippen LogP contribution in [0.4, 0.5) is 0 Å². The number of rotatable bonds is 2. The molecule has 1 N–H and O–H groups in total. The summed E-state index contributed by atoms with van der Waals surface area (Å²) in [4.78, 5) is 0. The molecule has 0 spiro atoms. The molecule has 0 amide bonds. The first-order valence-corrected chi connectivity index (χ1v) is 5.22. The van der Waals surface area contributed by atoms with Crippen molar-refractivity contribution in [2.75, 3.05) is 6.61 Å². The van der Waals surface area contributed by atoms with Gasteiger partial charge in [-0.3, -0.25) is 0 Å². The monoisotopic (exact) mass is 274 g/mol. The van der Waals surface area contributed by atoms with Crippen molar-refractivity contribution < 1.29 is 5.11 Å². The molecule has 0 atom stereocenters. The Kier molecular flexibility index (Phi) is 2.12. The van der Waals surface area contributed by atoms with Gasteiger partial charge in [-0.2, -0.15) is 0 Å². The van der Waals surface area contributed by atoms with E-state index in [-0.39, 0.29) is 5.41 Å². The van der Waals surface area contributed by atoms with Gasteiger partial charge in [-0.1, -0.05) is 12.1 Å². The van der Waals surface area contributed by atoms with Crippen LogP contribution >= 0.6 is 22.6 Å². The molecule has 2 heteroatoms. The van der Waals surface area contributed by atoms with Crippen molar-refractivity contribution in [1.82, 2.24) is 0 Å². The van der Waals surface area contributed by atoms with Gasteiger partial charge in [0.15, 0.2) is 0 Å². The molecule has 0 heterocycles. The summed E-state index contributed by atoms with van der Waals surface area (Å²) < 4.78 is 1.25. The van der Waals surface area contributed by atoms with Gasteiger partial charge in [-0.15, -0.1) is 0 Å². The molecular weight excluding hydrogens is 263 g/mol. The van der Waals surface area contributed by atoms with Crippen LogP contribution in [-0.2, 0) is 5.41 Å². The largest absolute Gasteiger partial charge is 0.395 e. The molecule has 0 saturated heterocycles. The lowest BCUT2D eigenvalue weighted by Crippen LogP contribution is -2.11. The fourth-order valence-corrected chi connectivity index (χ4v) is 1.85. The molecule has 1 aromatic carbocycles. The summed E-state index contributed by atoms with van der Waals surface area (Å²) >= 11 is 2.29. The molecule has 12 heavy (non-hydrogen) atoms. The Bertz CT molecular complexity index is 274. The van der Waals surface area contributed by atoms with Crippen LogP contribution in [0.1, 0.15) is 18.4 Å².